The molecule has 0 aromatic carbocycles. The van der Waals surface area contributed by atoms with Gasteiger partial charge in [0, 0.05) is 31.8 Å². The summed E-state index contributed by atoms with van der Waals surface area (Å²) in [6.45, 7) is 9.67. The zero-order valence-electron chi connectivity index (χ0n) is 10.4. The summed E-state index contributed by atoms with van der Waals surface area (Å²) in [6, 6.07) is 0. The Hall–Kier alpha value is 0.170. The molecule has 4 heteroatoms. The van der Waals surface area contributed by atoms with Crippen LogP contribution in [0.25, 0.3) is 0 Å². The van der Waals surface area contributed by atoms with Crippen molar-refractivity contribution in [1.82, 2.24) is 4.90 Å². The molecule has 0 spiro atoms. The number of nitrogens with two attached hydrogens (primary N) is 1. The summed E-state index contributed by atoms with van der Waals surface area (Å²) >= 11 is 0. The van der Waals surface area contributed by atoms with Crippen LogP contribution in [0, 0.1) is 11.8 Å². The summed E-state index contributed by atoms with van der Waals surface area (Å²) in [4.78, 5) is 2.52. The van der Waals surface area contributed by atoms with Gasteiger partial charge in [-0.25, -0.2) is 0 Å². The van der Waals surface area contributed by atoms with E-state index in [1.54, 1.807) is 0 Å². The minimum Gasteiger partial charge on any atom is -0.381 e. The van der Waals surface area contributed by atoms with Crippen molar-refractivity contribution in [1.29, 1.82) is 0 Å². The number of hydrogen-bond acceptors (Lipinski definition) is 3. The third-order valence-electron chi connectivity index (χ3n) is 3.57. The van der Waals surface area contributed by atoms with Gasteiger partial charge in [-0.1, -0.05) is 0 Å². The molecule has 0 aromatic heterocycles. The molecule has 2 saturated heterocycles. The van der Waals surface area contributed by atoms with Crippen molar-refractivity contribution in [2.75, 3.05) is 32.8 Å². The average molecular weight is 249 g/mol. The molecule has 0 aliphatic carbocycles. The molecule has 2 rings (SSSR count). The number of halogens is 1. The zero-order chi connectivity index (χ0) is 10.9. The van der Waals surface area contributed by atoms with E-state index in [4.69, 9.17) is 10.5 Å². The third kappa shape index (κ3) is 3.88. The SMILES string of the molecule is CC(C)(N)CN1CCC(C2CCOC2)C1.Cl. The standard InChI is InChI=1S/C12H24N2O.ClH/c1-12(2,13)9-14-5-3-10(7-14)11-4-6-15-8-11;/h10-11H,3-9,13H2,1-2H3;1H. The number of rotatable bonds is 3. The molecule has 2 atom stereocenters. The normalized spacial score (nSPS) is 31.7. The first-order valence-corrected chi connectivity index (χ1v) is 6.13. The molecule has 0 radical (unpaired) electrons. The van der Waals surface area contributed by atoms with Crippen molar-refractivity contribution < 1.29 is 4.74 Å². The summed E-state index contributed by atoms with van der Waals surface area (Å²) in [5.41, 5.74) is 5.99. The van der Waals surface area contributed by atoms with Crippen molar-refractivity contribution in [3.8, 4) is 0 Å². The van der Waals surface area contributed by atoms with Crippen LogP contribution in [0.4, 0.5) is 0 Å². The van der Waals surface area contributed by atoms with Gasteiger partial charge in [0.25, 0.3) is 0 Å². The molecule has 2 N–H and O–H groups in total. The Morgan fingerprint density at radius 2 is 2.06 bits per heavy atom. The predicted molar refractivity (Wildman–Crippen MR) is 69.0 cm³/mol. The lowest BCUT2D eigenvalue weighted by molar-refractivity contribution is 0.170. The van der Waals surface area contributed by atoms with E-state index in [9.17, 15) is 0 Å². The second-order valence-corrected chi connectivity index (χ2v) is 5.90. The molecule has 0 bridgehead atoms. The lowest BCUT2D eigenvalue weighted by Gasteiger charge is -2.26. The Morgan fingerprint density at radius 3 is 2.62 bits per heavy atom. The summed E-state index contributed by atoms with van der Waals surface area (Å²) in [5, 5.41) is 0. The molecule has 16 heavy (non-hydrogen) atoms. The van der Waals surface area contributed by atoms with Crippen LogP contribution in [0.3, 0.4) is 0 Å². The number of hydrogen-bond donors (Lipinski definition) is 1. The Kier molecular flexibility index (Phi) is 5.05. The molecule has 0 saturated carbocycles. The van der Waals surface area contributed by atoms with Gasteiger partial charge >= 0.3 is 0 Å². The Balaban J connectivity index is 0.00000128. The van der Waals surface area contributed by atoms with Crippen LogP contribution in [0.5, 0.6) is 0 Å². The summed E-state index contributed by atoms with van der Waals surface area (Å²) in [7, 11) is 0. The maximum Gasteiger partial charge on any atom is 0.0498 e. The molecule has 3 nitrogen and oxygen atoms in total. The van der Waals surface area contributed by atoms with E-state index in [0.29, 0.717) is 0 Å². The summed E-state index contributed by atoms with van der Waals surface area (Å²) in [6.07, 6.45) is 2.61. The zero-order valence-corrected chi connectivity index (χ0v) is 11.3. The molecular formula is C12H25ClN2O. The van der Waals surface area contributed by atoms with Gasteiger partial charge in [-0.2, -0.15) is 0 Å². The topological polar surface area (TPSA) is 38.5 Å². The minimum absolute atomic E-state index is 0. The second-order valence-electron chi connectivity index (χ2n) is 5.90. The van der Waals surface area contributed by atoms with Gasteiger partial charge in [0.05, 0.1) is 0 Å². The Labute approximate surface area is 105 Å². The third-order valence-corrected chi connectivity index (χ3v) is 3.57. The Morgan fingerprint density at radius 1 is 1.31 bits per heavy atom. The highest BCUT2D eigenvalue weighted by molar-refractivity contribution is 5.85. The molecule has 2 heterocycles. The van der Waals surface area contributed by atoms with Crippen LogP contribution in [0.1, 0.15) is 26.7 Å². The fourth-order valence-corrected chi connectivity index (χ4v) is 2.89. The van der Waals surface area contributed by atoms with E-state index in [0.717, 1.165) is 31.6 Å². The maximum absolute atomic E-state index is 6.05. The van der Waals surface area contributed by atoms with E-state index >= 15 is 0 Å². The van der Waals surface area contributed by atoms with Crippen molar-refractivity contribution in [2.24, 2.45) is 17.6 Å². The van der Waals surface area contributed by atoms with Crippen LogP contribution >= 0.6 is 12.4 Å². The highest BCUT2D eigenvalue weighted by Crippen LogP contribution is 2.30. The smallest absolute Gasteiger partial charge is 0.0498 e. The van der Waals surface area contributed by atoms with Gasteiger partial charge < -0.3 is 15.4 Å². The lowest BCUT2D eigenvalue weighted by Crippen LogP contribution is -2.44. The van der Waals surface area contributed by atoms with E-state index in [1.807, 2.05) is 0 Å². The van der Waals surface area contributed by atoms with Crippen LogP contribution in [-0.4, -0.2) is 43.3 Å². The summed E-state index contributed by atoms with van der Waals surface area (Å²) < 4.78 is 5.46. The number of nitrogens with zero attached hydrogens (tertiary/aromatic N) is 1. The van der Waals surface area contributed by atoms with Crippen molar-refractivity contribution >= 4 is 12.4 Å². The van der Waals surface area contributed by atoms with Gasteiger partial charge in [0.15, 0.2) is 0 Å². The minimum atomic E-state index is -0.0545. The lowest BCUT2D eigenvalue weighted by atomic mass is 9.91. The quantitative estimate of drug-likeness (QED) is 0.823. The maximum atomic E-state index is 6.05. The summed E-state index contributed by atoms with van der Waals surface area (Å²) in [5.74, 6) is 1.67. The molecule has 2 unspecified atom stereocenters. The Bertz CT molecular complexity index is 212. The first-order chi connectivity index (χ1) is 7.04. The highest BCUT2D eigenvalue weighted by Gasteiger charge is 2.32. The number of ether oxygens (including phenoxy) is 1. The van der Waals surface area contributed by atoms with Gasteiger partial charge in [-0.15, -0.1) is 12.4 Å². The van der Waals surface area contributed by atoms with Crippen LogP contribution in [0.15, 0.2) is 0 Å². The molecule has 0 aromatic rings. The first-order valence-electron chi connectivity index (χ1n) is 6.13. The van der Waals surface area contributed by atoms with Crippen molar-refractivity contribution in [2.45, 2.75) is 32.2 Å². The number of likely N-dealkylation sites (tertiary alicyclic amines) is 1. The van der Waals surface area contributed by atoms with Crippen LogP contribution in [-0.2, 0) is 4.74 Å². The highest BCUT2D eigenvalue weighted by atomic mass is 35.5. The predicted octanol–water partition coefficient (Wildman–Crippen LogP) is 1.50. The van der Waals surface area contributed by atoms with Crippen molar-refractivity contribution in [3.63, 3.8) is 0 Å². The fraction of sp³-hybridized carbons (Fsp3) is 1.00. The van der Waals surface area contributed by atoms with E-state index < -0.39 is 0 Å². The molecule has 0 amide bonds. The van der Waals surface area contributed by atoms with Gasteiger partial charge in [-0.3, -0.25) is 0 Å². The van der Waals surface area contributed by atoms with Crippen LogP contribution < -0.4 is 5.73 Å². The monoisotopic (exact) mass is 248 g/mol. The molecule has 96 valence electrons. The van der Waals surface area contributed by atoms with Crippen LogP contribution in [0.2, 0.25) is 0 Å². The molecule has 2 fully saturated rings. The fourth-order valence-electron chi connectivity index (χ4n) is 2.89. The van der Waals surface area contributed by atoms with Gasteiger partial charge in [0.2, 0.25) is 0 Å². The first kappa shape index (κ1) is 14.2. The molecule has 2 aliphatic heterocycles. The van der Waals surface area contributed by atoms with E-state index in [-0.39, 0.29) is 17.9 Å². The molecule has 2 aliphatic rings. The average Bonchev–Trinajstić information content (AvgIpc) is 2.68. The second kappa shape index (κ2) is 5.67. The molecular weight excluding hydrogens is 224 g/mol. The van der Waals surface area contributed by atoms with Gasteiger partial charge in [-0.05, 0) is 45.1 Å². The van der Waals surface area contributed by atoms with Crippen molar-refractivity contribution in [3.05, 3.63) is 0 Å². The van der Waals surface area contributed by atoms with Gasteiger partial charge in [0.1, 0.15) is 0 Å². The van der Waals surface area contributed by atoms with E-state index in [2.05, 4.69) is 18.7 Å². The largest absolute Gasteiger partial charge is 0.381 e. The van der Waals surface area contributed by atoms with E-state index in [1.165, 1.54) is 25.9 Å².